The van der Waals surface area contributed by atoms with Gasteiger partial charge in [-0.3, -0.25) is 4.98 Å². The Morgan fingerprint density at radius 3 is 2.52 bits per heavy atom. The van der Waals surface area contributed by atoms with Crippen LogP contribution >= 0.6 is 0 Å². The Morgan fingerprint density at radius 2 is 1.78 bits per heavy atom. The van der Waals surface area contributed by atoms with Crippen LogP contribution in [0.3, 0.4) is 0 Å². The molecule has 0 bridgehead atoms. The average Bonchev–Trinajstić information content (AvgIpc) is 2.55. The second-order valence-corrected chi connectivity index (χ2v) is 5.23. The molecule has 0 saturated carbocycles. The monoisotopic (exact) mass is 309 g/mol. The fraction of sp³-hybridized carbons (Fsp3) is 0.111. The zero-order valence-electron chi connectivity index (χ0n) is 12.4. The lowest BCUT2D eigenvalue weighted by atomic mass is 10.1. The number of phenolic OH excluding ortho intramolecular Hbond substituents is 2. The number of ether oxygens (including phenoxy) is 1. The highest BCUT2D eigenvalue weighted by molar-refractivity contribution is 5.99. The molecule has 5 nitrogen and oxygen atoms in total. The molecule has 1 heterocycles. The van der Waals surface area contributed by atoms with Crippen molar-refractivity contribution in [1.82, 2.24) is 4.98 Å². The molecule has 1 atom stereocenters. The highest BCUT2D eigenvalue weighted by Crippen LogP contribution is 2.29. The van der Waals surface area contributed by atoms with Crippen molar-refractivity contribution >= 4 is 16.7 Å². The van der Waals surface area contributed by atoms with Gasteiger partial charge in [-0.1, -0.05) is 6.07 Å². The first kappa shape index (κ1) is 14.8. The molecule has 23 heavy (non-hydrogen) atoms. The summed E-state index contributed by atoms with van der Waals surface area (Å²) >= 11 is 0. The van der Waals surface area contributed by atoms with Crippen LogP contribution in [0.25, 0.3) is 10.8 Å². The summed E-state index contributed by atoms with van der Waals surface area (Å²) in [6.07, 6.45) is 2.77. The molecular formula is C18H15NO4. The van der Waals surface area contributed by atoms with Crippen molar-refractivity contribution in [1.29, 1.82) is 0 Å². The van der Waals surface area contributed by atoms with Gasteiger partial charge < -0.3 is 14.9 Å². The number of aromatic nitrogens is 1. The van der Waals surface area contributed by atoms with Gasteiger partial charge in [0.1, 0.15) is 23.2 Å². The van der Waals surface area contributed by atoms with Crippen LogP contribution in [-0.2, 0) is 4.74 Å². The molecule has 5 heteroatoms. The summed E-state index contributed by atoms with van der Waals surface area (Å²) in [5, 5.41) is 21.0. The normalized spacial score (nSPS) is 12.0. The molecule has 116 valence electrons. The van der Waals surface area contributed by atoms with E-state index in [-0.39, 0.29) is 17.1 Å². The van der Waals surface area contributed by atoms with E-state index in [1.54, 1.807) is 37.5 Å². The third-order valence-corrected chi connectivity index (χ3v) is 3.62. The first-order chi connectivity index (χ1) is 11.0. The van der Waals surface area contributed by atoms with E-state index < -0.39 is 12.1 Å². The SMILES string of the molecule is C[C@H](OC(=O)c1cc2cc(O)ccc2cc1O)c1ccncc1. The van der Waals surface area contributed by atoms with Crippen molar-refractivity contribution in [3.63, 3.8) is 0 Å². The molecule has 0 aliphatic heterocycles. The molecule has 0 saturated heterocycles. The molecule has 0 unspecified atom stereocenters. The van der Waals surface area contributed by atoms with E-state index >= 15 is 0 Å². The zero-order chi connectivity index (χ0) is 16.4. The molecule has 1 aromatic heterocycles. The fourth-order valence-corrected chi connectivity index (χ4v) is 2.36. The lowest BCUT2D eigenvalue weighted by molar-refractivity contribution is 0.0334. The van der Waals surface area contributed by atoms with Gasteiger partial charge in [0.05, 0.1) is 0 Å². The zero-order valence-corrected chi connectivity index (χ0v) is 12.4. The first-order valence-corrected chi connectivity index (χ1v) is 7.11. The molecule has 0 amide bonds. The predicted molar refractivity (Wildman–Crippen MR) is 85.3 cm³/mol. The molecule has 0 aliphatic carbocycles. The molecule has 0 radical (unpaired) electrons. The maximum Gasteiger partial charge on any atom is 0.342 e. The highest BCUT2D eigenvalue weighted by Gasteiger charge is 2.18. The van der Waals surface area contributed by atoms with E-state index in [1.807, 2.05) is 0 Å². The van der Waals surface area contributed by atoms with Crippen LogP contribution < -0.4 is 0 Å². The number of carbonyl (C=O) groups is 1. The standard InChI is InChI=1S/C18H15NO4/c1-11(12-4-6-19-7-5-12)23-18(22)16-9-14-8-15(20)3-2-13(14)10-17(16)21/h2-11,20-21H,1H3/t11-/m0/s1. The van der Waals surface area contributed by atoms with Crippen LogP contribution in [0.4, 0.5) is 0 Å². The number of phenols is 2. The molecule has 3 rings (SSSR count). The third kappa shape index (κ3) is 3.08. The van der Waals surface area contributed by atoms with E-state index in [4.69, 9.17) is 4.74 Å². The van der Waals surface area contributed by atoms with E-state index in [2.05, 4.69) is 4.98 Å². The number of nitrogens with zero attached hydrogens (tertiary/aromatic N) is 1. The quantitative estimate of drug-likeness (QED) is 0.723. The summed E-state index contributed by atoms with van der Waals surface area (Å²) in [5.74, 6) is -0.695. The van der Waals surface area contributed by atoms with Gasteiger partial charge in [0, 0.05) is 12.4 Å². The van der Waals surface area contributed by atoms with Gasteiger partial charge in [-0.2, -0.15) is 0 Å². The summed E-state index contributed by atoms with van der Waals surface area (Å²) in [4.78, 5) is 16.2. The molecule has 0 fully saturated rings. The lowest BCUT2D eigenvalue weighted by Crippen LogP contribution is -2.09. The average molecular weight is 309 g/mol. The van der Waals surface area contributed by atoms with E-state index in [0.717, 1.165) is 10.9 Å². The minimum absolute atomic E-state index is 0.0593. The van der Waals surface area contributed by atoms with Gasteiger partial charge in [-0.25, -0.2) is 4.79 Å². The largest absolute Gasteiger partial charge is 0.508 e. The number of pyridine rings is 1. The second kappa shape index (κ2) is 5.96. The van der Waals surface area contributed by atoms with Crippen LogP contribution in [0.1, 0.15) is 28.9 Å². The summed E-state index contributed by atoms with van der Waals surface area (Å²) in [6, 6.07) is 11.2. The van der Waals surface area contributed by atoms with E-state index in [0.29, 0.717) is 5.39 Å². The molecular weight excluding hydrogens is 294 g/mol. The molecule has 0 spiro atoms. The van der Waals surface area contributed by atoms with Gasteiger partial charge in [0.25, 0.3) is 0 Å². The summed E-state index contributed by atoms with van der Waals surface area (Å²) in [6.45, 7) is 1.75. The molecule has 2 aromatic carbocycles. The van der Waals surface area contributed by atoms with Gasteiger partial charge in [-0.15, -0.1) is 0 Å². The summed E-state index contributed by atoms with van der Waals surface area (Å²) in [5.41, 5.74) is 0.871. The van der Waals surface area contributed by atoms with Crippen LogP contribution in [0, 0.1) is 0 Å². The molecule has 3 aromatic rings. The lowest BCUT2D eigenvalue weighted by Gasteiger charge is -2.14. The second-order valence-electron chi connectivity index (χ2n) is 5.23. The third-order valence-electron chi connectivity index (χ3n) is 3.62. The summed E-state index contributed by atoms with van der Waals surface area (Å²) < 4.78 is 5.39. The Balaban J connectivity index is 1.90. The van der Waals surface area contributed by atoms with Crippen LogP contribution in [0.5, 0.6) is 11.5 Å². The summed E-state index contributed by atoms with van der Waals surface area (Å²) in [7, 11) is 0. The number of aromatic hydroxyl groups is 2. The number of hydrogen-bond donors (Lipinski definition) is 2. The van der Waals surface area contributed by atoms with Gasteiger partial charge >= 0.3 is 5.97 Å². The van der Waals surface area contributed by atoms with Crippen molar-refractivity contribution in [2.24, 2.45) is 0 Å². The van der Waals surface area contributed by atoms with Crippen LogP contribution in [0.2, 0.25) is 0 Å². The van der Waals surface area contributed by atoms with Crippen molar-refractivity contribution in [3.8, 4) is 11.5 Å². The number of benzene rings is 2. The van der Waals surface area contributed by atoms with Gasteiger partial charge in [-0.05, 0) is 59.7 Å². The van der Waals surface area contributed by atoms with Crippen molar-refractivity contribution in [2.45, 2.75) is 13.0 Å². The Labute approximate surface area is 132 Å². The number of carbonyl (C=O) groups excluding carboxylic acids is 1. The van der Waals surface area contributed by atoms with E-state index in [1.165, 1.54) is 24.3 Å². The molecule has 0 aliphatic rings. The Kier molecular flexibility index (Phi) is 3.85. The number of fused-ring (bicyclic) bond motifs is 1. The van der Waals surface area contributed by atoms with Crippen LogP contribution in [-0.4, -0.2) is 21.2 Å². The topological polar surface area (TPSA) is 79.7 Å². The van der Waals surface area contributed by atoms with Crippen molar-refractivity contribution < 1.29 is 19.7 Å². The predicted octanol–water partition coefficient (Wildman–Crippen LogP) is 3.56. The van der Waals surface area contributed by atoms with Crippen molar-refractivity contribution in [3.05, 3.63) is 66.0 Å². The maximum atomic E-state index is 12.3. The first-order valence-electron chi connectivity index (χ1n) is 7.11. The van der Waals surface area contributed by atoms with Crippen LogP contribution in [0.15, 0.2) is 54.9 Å². The number of esters is 1. The number of hydrogen-bond acceptors (Lipinski definition) is 5. The molecule has 2 N–H and O–H groups in total. The minimum atomic E-state index is -0.628. The fourth-order valence-electron chi connectivity index (χ4n) is 2.36. The van der Waals surface area contributed by atoms with E-state index in [9.17, 15) is 15.0 Å². The Morgan fingerprint density at radius 1 is 1.04 bits per heavy atom. The van der Waals surface area contributed by atoms with Gasteiger partial charge in [0.2, 0.25) is 0 Å². The highest BCUT2D eigenvalue weighted by atomic mass is 16.5. The maximum absolute atomic E-state index is 12.3. The minimum Gasteiger partial charge on any atom is -0.508 e. The Hall–Kier alpha value is -3.08. The smallest absolute Gasteiger partial charge is 0.342 e. The van der Waals surface area contributed by atoms with Crippen molar-refractivity contribution in [2.75, 3.05) is 0 Å². The van der Waals surface area contributed by atoms with Gasteiger partial charge in [0.15, 0.2) is 0 Å². The Bertz CT molecular complexity index is 862. The number of rotatable bonds is 3.